The van der Waals surface area contributed by atoms with E-state index in [1.54, 1.807) is 18.2 Å². The zero-order valence-electron chi connectivity index (χ0n) is 12.2. The van der Waals surface area contributed by atoms with Gasteiger partial charge in [0, 0.05) is 0 Å². The summed E-state index contributed by atoms with van der Waals surface area (Å²) in [6, 6.07) is 5.30. The van der Waals surface area contributed by atoms with Crippen LogP contribution in [0.3, 0.4) is 0 Å². The monoisotopic (exact) mass is 292 g/mol. The maximum atomic E-state index is 11.4. The molecule has 0 radical (unpaired) electrons. The van der Waals surface area contributed by atoms with Crippen molar-refractivity contribution >= 4 is 11.4 Å². The summed E-state index contributed by atoms with van der Waals surface area (Å²) in [4.78, 5) is 11.0. The summed E-state index contributed by atoms with van der Waals surface area (Å²) in [6.07, 6.45) is 3.41. The normalized spacial score (nSPS) is 27.1. The van der Waals surface area contributed by atoms with Crippen LogP contribution in [0.2, 0.25) is 0 Å². The smallest absolute Gasteiger partial charge is 0.333 e. The molecular formula is C15H20N2O4. The summed E-state index contributed by atoms with van der Waals surface area (Å²) in [6.45, 7) is 3.71. The molecule has 2 aliphatic rings. The van der Waals surface area contributed by atoms with Crippen LogP contribution in [-0.2, 0) is 4.74 Å². The highest BCUT2D eigenvalue weighted by Crippen LogP contribution is 2.40. The fourth-order valence-electron chi connectivity index (χ4n) is 3.17. The Kier molecular flexibility index (Phi) is 3.71. The van der Waals surface area contributed by atoms with Crippen LogP contribution in [0.1, 0.15) is 33.1 Å². The predicted molar refractivity (Wildman–Crippen MR) is 78.8 cm³/mol. The van der Waals surface area contributed by atoms with Gasteiger partial charge in [0.25, 0.3) is 0 Å². The number of benzene rings is 1. The fourth-order valence-corrected chi connectivity index (χ4v) is 3.17. The van der Waals surface area contributed by atoms with Crippen molar-refractivity contribution in [1.29, 1.82) is 0 Å². The van der Waals surface area contributed by atoms with Gasteiger partial charge in [0.05, 0.1) is 29.3 Å². The van der Waals surface area contributed by atoms with Gasteiger partial charge in [0.2, 0.25) is 0 Å². The van der Waals surface area contributed by atoms with E-state index in [0.29, 0.717) is 17.5 Å². The van der Waals surface area contributed by atoms with Gasteiger partial charge in [0.1, 0.15) is 5.69 Å². The highest BCUT2D eigenvalue weighted by Gasteiger charge is 2.41. The second-order valence-electron chi connectivity index (χ2n) is 5.94. The first-order chi connectivity index (χ1) is 10.0. The number of hydrogen-bond acceptors (Lipinski definition) is 5. The van der Waals surface area contributed by atoms with Crippen LogP contribution in [0.15, 0.2) is 18.2 Å². The number of nitrogens with zero attached hydrogens (tertiary/aromatic N) is 1. The van der Waals surface area contributed by atoms with Crippen molar-refractivity contribution in [3.8, 4) is 5.75 Å². The molecule has 6 heteroatoms. The van der Waals surface area contributed by atoms with Crippen molar-refractivity contribution in [3.63, 3.8) is 0 Å². The maximum Gasteiger partial charge on any atom is 0.333 e. The van der Waals surface area contributed by atoms with Crippen LogP contribution in [0.5, 0.6) is 5.75 Å². The lowest BCUT2D eigenvalue weighted by molar-refractivity contribution is -0.385. The zero-order valence-corrected chi connectivity index (χ0v) is 12.2. The van der Waals surface area contributed by atoms with E-state index in [1.807, 2.05) is 13.8 Å². The molecule has 0 aliphatic carbocycles. The molecule has 6 nitrogen and oxygen atoms in total. The Labute approximate surface area is 123 Å². The first kappa shape index (κ1) is 14.1. The second kappa shape index (κ2) is 5.52. The molecule has 2 heterocycles. The summed E-state index contributed by atoms with van der Waals surface area (Å²) in [7, 11) is 0. The highest BCUT2D eigenvalue weighted by atomic mass is 16.6. The van der Waals surface area contributed by atoms with Gasteiger partial charge < -0.3 is 14.8 Å². The SMILES string of the molecule is CC(C)Oc1cccc(NC2CC3CCC2O3)c1[N+](=O)[O-]. The third-order valence-corrected chi connectivity index (χ3v) is 3.99. The Hall–Kier alpha value is -1.82. The third-order valence-electron chi connectivity index (χ3n) is 3.99. The van der Waals surface area contributed by atoms with Gasteiger partial charge in [-0.15, -0.1) is 0 Å². The molecule has 2 fully saturated rings. The van der Waals surface area contributed by atoms with E-state index in [0.717, 1.165) is 19.3 Å². The Balaban J connectivity index is 1.85. The molecule has 3 rings (SSSR count). The van der Waals surface area contributed by atoms with E-state index in [9.17, 15) is 10.1 Å². The molecule has 3 unspecified atom stereocenters. The van der Waals surface area contributed by atoms with Crippen LogP contribution in [-0.4, -0.2) is 29.3 Å². The number of ether oxygens (including phenoxy) is 2. The number of para-hydroxylation sites is 1. The Morgan fingerprint density at radius 1 is 1.43 bits per heavy atom. The first-order valence-electron chi connectivity index (χ1n) is 7.40. The first-order valence-corrected chi connectivity index (χ1v) is 7.40. The summed E-state index contributed by atoms with van der Waals surface area (Å²) < 4.78 is 11.3. The summed E-state index contributed by atoms with van der Waals surface area (Å²) in [5.41, 5.74) is 0.522. The Bertz CT molecular complexity index is 546. The highest BCUT2D eigenvalue weighted by molar-refractivity contribution is 5.69. The predicted octanol–water partition coefficient (Wildman–Crippen LogP) is 3.11. The van der Waals surface area contributed by atoms with E-state index in [4.69, 9.17) is 9.47 Å². The van der Waals surface area contributed by atoms with Crippen LogP contribution in [0, 0.1) is 10.1 Å². The van der Waals surface area contributed by atoms with E-state index >= 15 is 0 Å². The average Bonchev–Trinajstić information content (AvgIpc) is 3.00. The van der Waals surface area contributed by atoms with Crippen molar-refractivity contribution in [3.05, 3.63) is 28.3 Å². The van der Waals surface area contributed by atoms with E-state index in [1.165, 1.54) is 0 Å². The standard InChI is InChI=1S/C15H20N2O4/c1-9(2)20-14-5-3-4-11(15(14)17(18)19)16-12-8-10-6-7-13(12)21-10/h3-5,9-10,12-13,16H,6-8H2,1-2H3. The van der Waals surface area contributed by atoms with Crippen molar-refractivity contribution in [2.24, 2.45) is 0 Å². The van der Waals surface area contributed by atoms with Crippen molar-refractivity contribution in [2.75, 3.05) is 5.32 Å². The summed E-state index contributed by atoms with van der Waals surface area (Å²) in [5.74, 6) is 0.309. The number of hydrogen-bond donors (Lipinski definition) is 1. The summed E-state index contributed by atoms with van der Waals surface area (Å²) >= 11 is 0. The fraction of sp³-hybridized carbons (Fsp3) is 0.600. The molecule has 1 aromatic rings. The average molecular weight is 292 g/mol. The molecule has 0 saturated carbocycles. The van der Waals surface area contributed by atoms with Crippen LogP contribution < -0.4 is 10.1 Å². The minimum Gasteiger partial charge on any atom is -0.484 e. The van der Waals surface area contributed by atoms with Crippen LogP contribution >= 0.6 is 0 Å². The molecule has 2 aliphatic heterocycles. The quantitative estimate of drug-likeness (QED) is 0.666. The van der Waals surface area contributed by atoms with Gasteiger partial charge in [-0.3, -0.25) is 10.1 Å². The van der Waals surface area contributed by atoms with Gasteiger partial charge in [-0.1, -0.05) is 6.07 Å². The Morgan fingerprint density at radius 3 is 2.81 bits per heavy atom. The number of anilines is 1. The molecule has 1 N–H and O–H groups in total. The zero-order chi connectivity index (χ0) is 15.0. The summed E-state index contributed by atoms with van der Waals surface area (Å²) in [5, 5.41) is 14.7. The molecular weight excluding hydrogens is 272 g/mol. The number of nitro groups is 1. The Morgan fingerprint density at radius 2 is 2.24 bits per heavy atom. The maximum absolute atomic E-state index is 11.4. The molecule has 0 aromatic heterocycles. The minimum absolute atomic E-state index is 0.00831. The van der Waals surface area contributed by atoms with Gasteiger partial charge in [-0.05, 0) is 45.2 Å². The number of rotatable bonds is 5. The van der Waals surface area contributed by atoms with Gasteiger partial charge in [-0.2, -0.15) is 0 Å². The molecule has 3 atom stereocenters. The third kappa shape index (κ3) is 2.81. The number of fused-ring (bicyclic) bond motifs is 2. The lowest BCUT2D eigenvalue weighted by Gasteiger charge is -2.21. The van der Waals surface area contributed by atoms with E-state index < -0.39 is 0 Å². The molecule has 1 aromatic carbocycles. The molecule has 0 amide bonds. The van der Waals surface area contributed by atoms with Crippen LogP contribution in [0.4, 0.5) is 11.4 Å². The van der Waals surface area contributed by atoms with Crippen LogP contribution in [0.25, 0.3) is 0 Å². The van der Waals surface area contributed by atoms with Crippen molar-refractivity contribution in [1.82, 2.24) is 0 Å². The van der Waals surface area contributed by atoms with E-state index in [2.05, 4.69) is 5.32 Å². The van der Waals surface area contributed by atoms with Crippen molar-refractivity contribution in [2.45, 2.75) is 57.5 Å². The molecule has 21 heavy (non-hydrogen) atoms. The largest absolute Gasteiger partial charge is 0.484 e. The lowest BCUT2D eigenvalue weighted by atomic mass is 9.95. The molecule has 114 valence electrons. The number of nitro benzene ring substituents is 1. The molecule has 0 spiro atoms. The van der Waals surface area contributed by atoms with Gasteiger partial charge in [-0.25, -0.2) is 0 Å². The lowest BCUT2D eigenvalue weighted by Crippen LogP contribution is -2.30. The second-order valence-corrected chi connectivity index (χ2v) is 5.94. The topological polar surface area (TPSA) is 73.6 Å². The van der Waals surface area contributed by atoms with Gasteiger partial charge in [0.15, 0.2) is 5.75 Å². The van der Waals surface area contributed by atoms with Crippen molar-refractivity contribution < 1.29 is 14.4 Å². The molecule has 2 bridgehead atoms. The molecule has 2 saturated heterocycles. The van der Waals surface area contributed by atoms with Gasteiger partial charge >= 0.3 is 5.69 Å². The minimum atomic E-state index is -0.381. The van der Waals surface area contributed by atoms with E-state index in [-0.39, 0.29) is 28.9 Å². The number of nitrogens with one attached hydrogen (secondary N) is 1.